The predicted molar refractivity (Wildman–Crippen MR) is 124 cm³/mol. The van der Waals surface area contributed by atoms with Crippen LogP contribution in [0.5, 0.6) is 0 Å². The molecule has 0 radical (unpaired) electrons. The van der Waals surface area contributed by atoms with Crippen molar-refractivity contribution >= 4 is 28.4 Å². The fourth-order valence-corrected chi connectivity index (χ4v) is 4.90. The molecule has 1 saturated heterocycles. The maximum Gasteiger partial charge on any atom is 0.323 e. The third kappa shape index (κ3) is 4.86. The van der Waals surface area contributed by atoms with E-state index in [4.69, 9.17) is 0 Å². The molecular weight excluding hydrogens is 445 g/mol. The number of fused-ring (bicyclic) bond motifs is 1. The van der Waals surface area contributed by atoms with Gasteiger partial charge in [0, 0.05) is 48.6 Å². The lowest BCUT2D eigenvalue weighted by Gasteiger charge is -2.27. The van der Waals surface area contributed by atoms with E-state index in [2.05, 4.69) is 25.9 Å². The molecule has 34 heavy (non-hydrogen) atoms. The molecule has 1 saturated carbocycles. The van der Waals surface area contributed by atoms with Crippen molar-refractivity contribution in [2.45, 2.75) is 56.4 Å². The highest BCUT2D eigenvalue weighted by Gasteiger charge is 2.35. The molecule has 5 rings (SSSR count). The molecule has 3 N–H and O–H groups in total. The summed E-state index contributed by atoms with van der Waals surface area (Å²) in [6, 6.07) is 4.54. The number of piperidine rings is 1. The van der Waals surface area contributed by atoms with Crippen LogP contribution >= 0.6 is 0 Å². The molecule has 1 unspecified atom stereocenters. The van der Waals surface area contributed by atoms with Crippen molar-refractivity contribution in [2.24, 2.45) is 0 Å². The molecule has 2 amide bonds. The Labute approximate surface area is 195 Å². The largest absolute Gasteiger partial charge is 0.326 e. The molecule has 0 bridgehead atoms. The number of carbonyl (C=O) groups is 1. The number of alkyl halides is 2. The Morgan fingerprint density at radius 1 is 1.12 bits per heavy atom. The van der Waals surface area contributed by atoms with Gasteiger partial charge in [-0.05, 0) is 50.4 Å². The molecular formula is C24H27F3N6O. The average Bonchev–Trinajstić information content (AvgIpc) is 3.17. The van der Waals surface area contributed by atoms with E-state index in [0.717, 1.165) is 31.6 Å². The topological polar surface area (TPSA) is 83.9 Å². The highest BCUT2D eigenvalue weighted by atomic mass is 19.3. The Kier molecular flexibility index (Phi) is 6.16. The summed E-state index contributed by atoms with van der Waals surface area (Å²) in [5.74, 6) is -3.05. The maximum atomic E-state index is 13.9. The van der Waals surface area contributed by atoms with Gasteiger partial charge in [0.2, 0.25) is 5.92 Å². The van der Waals surface area contributed by atoms with Gasteiger partial charge in [-0.1, -0.05) is 0 Å². The molecule has 3 aromatic rings. The van der Waals surface area contributed by atoms with Crippen LogP contribution < -0.4 is 16.0 Å². The molecule has 0 aromatic carbocycles. The summed E-state index contributed by atoms with van der Waals surface area (Å²) in [4.78, 5) is 21.3. The first-order chi connectivity index (χ1) is 16.4. The average molecular weight is 473 g/mol. The molecule has 2 aliphatic rings. The zero-order chi connectivity index (χ0) is 23.7. The van der Waals surface area contributed by atoms with Gasteiger partial charge >= 0.3 is 6.03 Å². The third-order valence-corrected chi connectivity index (χ3v) is 6.73. The lowest BCUT2D eigenvalue weighted by molar-refractivity contribution is -0.0384. The SMILES string of the molecule is O=C(Nc1ccc(C2CCC(F)(F)CC2)nc1)Nc1cn(C2CCCNC2)c2ncc(F)cc12. The summed E-state index contributed by atoms with van der Waals surface area (Å²) >= 11 is 0. The number of amides is 2. The normalized spacial score (nSPS) is 20.9. The molecule has 10 heteroatoms. The van der Waals surface area contributed by atoms with Crippen LogP contribution in [0.15, 0.2) is 36.8 Å². The second-order valence-corrected chi connectivity index (χ2v) is 9.16. The predicted octanol–water partition coefficient (Wildman–Crippen LogP) is 5.43. The number of pyridine rings is 2. The summed E-state index contributed by atoms with van der Waals surface area (Å²) in [6.07, 6.45) is 7.06. The molecule has 4 heterocycles. The summed E-state index contributed by atoms with van der Waals surface area (Å²) in [5, 5.41) is 9.42. The summed E-state index contributed by atoms with van der Waals surface area (Å²) in [7, 11) is 0. The number of aromatic nitrogens is 3. The second kappa shape index (κ2) is 9.25. The van der Waals surface area contributed by atoms with Crippen molar-refractivity contribution in [2.75, 3.05) is 23.7 Å². The van der Waals surface area contributed by atoms with Gasteiger partial charge in [0.05, 0.1) is 23.8 Å². The Hall–Kier alpha value is -3.14. The van der Waals surface area contributed by atoms with E-state index in [0.29, 0.717) is 35.2 Å². The standard InChI is InChI=1S/C24H27F3N6O/c25-16-10-19-21(14-33(22(19)30-11-16)18-2-1-9-28-13-18)32-23(34)31-17-3-4-20(29-12-17)15-5-7-24(26,27)8-6-15/h3-4,10-12,14-15,18,28H,1-2,5-9,13H2,(H2,31,32,34). The third-order valence-electron chi connectivity index (χ3n) is 6.73. The lowest BCUT2D eigenvalue weighted by atomic mass is 9.84. The van der Waals surface area contributed by atoms with Crippen LogP contribution in [-0.2, 0) is 0 Å². The first-order valence-electron chi connectivity index (χ1n) is 11.7. The number of halogens is 3. The maximum absolute atomic E-state index is 13.9. The molecule has 3 aromatic heterocycles. The van der Waals surface area contributed by atoms with E-state index in [-0.39, 0.29) is 24.8 Å². The fraction of sp³-hybridized carbons (Fsp3) is 0.458. The minimum Gasteiger partial charge on any atom is -0.326 e. The first-order valence-corrected chi connectivity index (χ1v) is 11.7. The van der Waals surface area contributed by atoms with Gasteiger partial charge in [-0.3, -0.25) is 4.98 Å². The number of nitrogens with zero attached hydrogens (tertiary/aromatic N) is 3. The summed E-state index contributed by atoms with van der Waals surface area (Å²) < 4.78 is 42.7. The van der Waals surface area contributed by atoms with Crippen LogP contribution in [0, 0.1) is 5.82 Å². The monoisotopic (exact) mass is 472 g/mol. The van der Waals surface area contributed by atoms with Gasteiger partial charge < -0.3 is 20.5 Å². The summed E-state index contributed by atoms with van der Waals surface area (Å²) in [6.45, 7) is 1.75. The Balaban J connectivity index is 1.28. The van der Waals surface area contributed by atoms with Gasteiger partial charge in [-0.25, -0.2) is 22.9 Å². The number of carbonyl (C=O) groups excluding carboxylic acids is 1. The molecule has 1 aliphatic heterocycles. The molecule has 1 atom stereocenters. The van der Waals surface area contributed by atoms with E-state index < -0.39 is 17.8 Å². The van der Waals surface area contributed by atoms with Crippen LogP contribution in [-0.4, -0.2) is 39.6 Å². The van der Waals surface area contributed by atoms with Gasteiger partial charge in [-0.2, -0.15) is 0 Å². The number of urea groups is 1. The van der Waals surface area contributed by atoms with Crippen molar-refractivity contribution < 1.29 is 18.0 Å². The minimum absolute atomic E-state index is 0.00491. The zero-order valence-corrected chi connectivity index (χ0v) is 18.7. The molecule has 0 spiro atoms. The van der Waals surface area contributed by atoms with Crippen molar-refractivity contribution in [3.8, 4) is 0 Å². The molecule has 1 aliphatic carbocycles. The van der Waals surface area contributed by atoms with Crippen LogP contribution in [0.4, 0.5) is 29.3 Å². The number of anilines is 2. The highest BCUT2D eigenvalue weighted by Crippen LogP contribution is 2.40. The van der Waals surface area contributed by atoms with E-state index in [1.54, 1.807) is 18.3 Å². The van der Waals surface area contributed by atoms with Gasteiger partial charge in [0.15, 0.2) is 0 Å². The van der Waals surface area contributed by atoms with Crippen molar-refractivity contribution in [1.82, 2.24) is 19.9 Å². The van der Waals surface area contributed by atoms with Crippen molar-refractivity contribution in [1.29, 1.82) is 0 Å². The fourth-order valence-electron chi connectivity index (χ4n) is 4.90. The summed E-state index contributed by atoms with van der Waals surface area (Å²) in [5.41, 5.74) is 2.33. The number of nitrogens with one attached hydrogen (secondary N) is 3. The van der Waals surface area contributed by atoms with Crippen LogP contribution in [0.1, 0.15) is 56.2 Å². The number of hydrogen-bond donors (Lipinski definition) is 3. The Morgan fingerprint density at radius 3 is 2.65 bits per heavy atom. The molecule has 7 nitrogen and oxygen atoms in total. The van der Waals surface area contributed by atoms with Gasteiger partial charge in [0.25, 0.3) is 0 Å². The molecule has 180 valence electrons. The zero-order valence-electron chi connectivity index (χ0n) is 18.7. The number of rotatable bonds is 4. The van der Waals surface area contributed by atoms with E-state index in [1.165, 1.54) is 18.5 Å². The minimum atomic E-state index is -2.58. The van der Waals surface area contributed by atoms with Crippen molar-refractivity contribution in [3.63, 3.8) is 0 Å². The van der Waals surface area contributed by atoms with Crippen molar-refractivity contribution in [3.05, 3.63) is 48.3 Å². The van der Waals surface area contributed by atoms with E-state index in [9.17, 15) is 18.0 Å². The number of hydrogen-bond acceptors (Lipinski definition) is 4. The van der Waals surface area contributed by atoms with Gasteiger partial charge in [-0.15, -0.1) is 0 Å². The first kappa shape index (κ1) is 22.6. The quantitative estimate of drug-likeness (QED) is 0.473. The highest BCUT2D eigenvalue weighted by molar-refractivity contribution is 6.05. The van der Waals surface area contributed by atoms with E-state index >= 15 is 0 Å². The Morgan fingerprint density at radius 2 is 1.94 bits per heavy atom. The second-order valence-electron chi connectivity index (χ2n) is 9.16. The smallest absolute Gasteiger partial charge is 0.323 e. The van der Waals surface area contributed by atoms with E-state index in [1.807, 2.05) is 4.57 Å². The lowest BCUT2D eigenvalue weighted by Crippen LogP contribution is -2.31. The van der Waals surface area contributed by atoms with Gasteiger partial charge in [0.1, 0.15) is 11.5 Å². The van der Waals surface area contributed by atoms with Crippen LogP contribution in [0.3, 0.4) is 0 Å². The van der Waals surface area contributed by atoms with Crippen LogP contribution in [0.25, 0.3) is 11.0 Å². The molecule has 2 fully saturated rings. The Bertz CT molecular complexity index is 1160. The van der Waals surface area contributed by atoms with Crippen LogP contribution in [0.2, 0.25) is 0 Å².